The van der Waals surface area contributed by atoms with Gasteiger partial charge in [0.1, 0.15) is 5.72 Å². The van der Waals surface area contributed by atoms with Crippen LogP contribution in [-0.2, 0) is 27.2 Å². The lowest BCUT2D eigenvalue weighted by Crippen LogP contribution is -2.47. The number of rotatable bonds is 5. The molecule has 150 valence electrons. The van der Waals surface area contributed by atoms with Crippen LogP contribution in [0.4, 0.5) is 0 Å². The fourth-order valence-electron chi connectivity index (χ4n) is 4.62. The highest BCUT2D eigenvalue weighted by molar-refractivity contribution is 5.84. The number of allylic oxidation sites excluding steroid dienone is 1. The van der Waals surface area contributed by atoms with Crippen LogP contribution in [0.5, 0.6) is 0 Å². The van der Waals surface area contributed by atoms with Crippen LogP contribution in [0.15, 0.2) is 66.4 Å². The van der Waals surface area contributed by atoms with Gasteiger partial charge in [-0.3, -0.25) is 9.59 Å². The van der Waals surface area contributed by atoms with Gasteiger partial charge in [-0.1, -0.05) is 54.6 Å². The first-order valence-corrected chi connectivity index (χ1v) is 9.89. The third-order valence-corrected chi connectivity index (χ3v) is 5.79. The van der Waals surface area contributed by atoms with E-state index in [1.165, 1.54) is 11.6 Å². The van der Waals surface area contributed by atoms with Crippen LogP contribution in [0.25, 0.3) is 0 Å². The summed E-state index contributed by atoms with van der Waals surface area (Å²) in [6.45, 7) is 3.80. The molecule has 1 aliphatic carbocycles. The van der Waals surface area contributed by atoms with E-state index in [0.29, 0.717) is 12.7 Å². The zero-order valence-electron chi connectivity index (χ0n) is 16.6. The molecule has 2 aromatic rings. The SMILES string of the molecule is CC1(C)O[C@@H]2Cc3ccccc3[C@@H]2N1C(=O)[C@@H](/C=C(\O)C=O)Cc1ccccc1. The molecule has 29 heavy (non-hydrogen) atoms. The Kier molecular flexibility index (Phi) is 5.01. The minimum absolute atomic E-state index is 0.0904. The average Bonchev–Trinajstić information content (AvgIpc) is 3.17. The summed E-state index contributed by atoms with van der Waals surface area (Å²) < 4.78 is 6.27. The molecule has 1 amide bonds. The zero-order chi connectivity index (χ0) is 20.6. The topological polar surface area (TPSA) is 66.8 Å². The van der Waals surface area contributed by atoms with Crippen molar-refractivity contribution in [2.45, 2.75) is 44.6 Å². The molecule has 5 heteroatoms. The molecule has 1 N–H and O–H groups in total. The summed E-state index contributed by atoms with van der Waals surface area (Å²) in [6, 6.07) is 17.5. The first-order chi connectivity index (χ1) is 13.9. The summed E-state index contributed by atoms with van der Waals surface area (Å²) in [7, 11) is 0. The standard InChI is InChI=1S/C24H25NO4/c1-24(2)25(22-20-11-7-6-10-17(20)14-21(22)29-24)23(28)18(13-19(27)15-26)12-16-8-4-3-5-9-16/h3-11,13,15,18,21-22,27H,12,14H2,1-2H3/b19-13-/t18-,21-,22+/m1/s1. The van der Waals surface area contributed by atoms with Crippen molar-refractivity contribution in [1.29, 1.82) is 0 Å². The highest BCUT2D eigenvalue weighted by Gasteiger charge is 2.54. The van der Waals surface area contributed by atoms with E-state index in [-0.39, 0.29) is 18.1 Å². The summed E-state index contributed by atoms with van der Waals surface area (Å²) in [5.74, 6) is -1.26. The second-order valence-electron chi connectivity index (χ2n) is 8.16. The van der Waals surface area contributed by atoms with E-state index in [2.05, 4.69) is 12.1 Å². The maximum atomic E-state index is 13.7. The molecule has 4 rings (SSSR count). The number of aliphatic hydroxyl groups is 1. The van der Waals surface area contributed by atoms with Crippen LogP contribution in [0.1, 0.15) is 36.6 Å². The number of carbonyl (C=O) groups is 2. The van der Waals surface area contributed by atoms with Gasteiger partial charge in [-0.25, -0.2) is 0 Å². The van der Waals surface area contributed by atoms with Crippen molar-refractivity contribution in [2.75, 3.05) is 0 Å². The maximum absolute atomic E-state index is 13.7. The molecule has 0 unspecified atom stereocenters. The zero-order valence-corrected chi connectivity index (χ0v) is 16.6. The summed E-state index contributed by atoms with van der Waals surface area (Å²) in [4.78, 5) is 26.6. The summed E-state index contributed by atoms with van der Waals surface area (Å²) in [5.41, 5.74) is 2.49. The summed E-state index contributed by atoms with van der Waals surface area (Å²) in [5, 5.41) is 9.86. The summed E-state index contributed by atoms with van der Waals surface area (Å²) >= 11 is 0. The molecule has 0 spiro atoms. The van der Waals surface area contributed by atoms with Gasteiger partial charge in [-0.2, -0.15) is 0 Å². The molecule has 2 aliphatic rings. The molecule has 0 aromatic heterocycles. The Morgan fingerprint density at radius 2 is 1.90 bits per heavy atom. The van der Waals surface area contributed by atoms with Crippen molar-refractivity contribution in [2.24, 2.45) is 5.92 Å². The van der Waals surface area contributed by atoms with E-state index in [1.807, 2.05) is 56.3 Å². The Labute approximate surface area is 170 Å². The maximum Gasteiger partial charge on any atom is 0.232 e. The minimum atomic E-state index is -0.778. The summed E-state index contributed by atoms with van der Waals surface area (Å²) in [6.07, 6.45) is 2.79. The number of hydrogen-bond donors (Lipinski definition) is 1. The van der Waals surface area contributed by atoms with E-state index in [0.717, 1.165) is 17.5 Å². The van der Waals surface area contributed by atoms with Crippen molar-refractivity contribution < 1.29 is 19.4 Å². The number of fused-ring (bicyclic) bond motifs is 3. The van der Waals surface area contributed by atoms with Crippen LogP contribution in [-0.4, -0.2) is 34.0 Å². The molecule has 2 aromatic carbocycles. The molecular formula is C24H25NO4. The van der Waals surface area contributed by atoms with Crippen LogP contribution < -0.4 is 0 Å². The Hall–Kier alpha value is -2.92. The lowest BCUT2D eigenvalue weighted by molar-refractivity contribution is -0.150. The lowest BCUT2D eigenvalue weighted by Gasteiger charge is -2.36. The van der Waals surface area contributed by atoms with Gasteiger partial charge in [-0.05, 0) is 43.0 Å². The number of nitrogens with zero attached hydrogens (tertiary/aromatic N) is 1. The number of ether oxygens (including phenoxy) is 1. The molecular weight excluding hydrogens is 366 g/mol. The van der Waals surface area contributed by atoms with Crippen LogP contribution >= 0.6 is 0 Å². The number of amides is 1. The largest absolute Gasteiger partial charge is 0.505 e. The molecule has 0 bridgehead atoms. The van der Waals surface area contributed by atoms with Crippen LogP contribution in [0.2, 0.25) is 0 Å². The van der Waals surface area contributed by atoms with Crippen molar-refractivity contribution in [3.05, 3.63) is 83.1 Å². The quantitative estimate of drug-likeness (QED) is 0.479. The highest BCUT2D eigenvalue weighted by Crippen LogP contribution is 2.48. The third kappa shape index (κ3) is 3.58. The number of aldehydes is 1. The van der Waals surface area contributed by atoms with E-state index in [1.54, 1.807) is 4.90 Å². The van der Waals surface area contributed by atoms with E-state index < -0.39 is 17.4 Å². The molecule has 1 heterocycles. The van der Waals surface area contributed by atoms with Gasteiger partial charge >= 0.3 is 0 Å². The van der Waals surface area contributed by atoms with Gasteiger partial charge in [0.25, 0.3) is 0 Å². The minimum Gasteiger partial charge on any atom is -0.505 e. The molecule has 5 nitrogen and oxygen atoms in total. The Morgan fingerprint density at radius 1 is 1.21 bits per heavy atom. The van der Waals surface area contributed by atoms with E-state index in [9.17, 15) is 14.7 Å². The predicted molar refractivity (Wildman–Crippen MR) is 109 cm³/mol. The van der Waals surface area contributed by atoms with Gasteiger partial charge in [-0.15, -0.1) is 0 Å². The lowest BCUT2D eigenvalue weighted by atomic mass is 9.94. The number of carbonyl (C=O) groups excluding carboxylic acids is 2. The Morgan fingerprint density at radius 3 is 2.62 bits per heavy atom. The molecule has 1 saturated heterocycles. The molecule has 1 aliphatic heterocycles. The monoisotopic (exact) mass is 391 g/mol. The first-order valence-electron chi connectivity index (χ1n) is 9.89. The highest BCUT2D eigenvalue weighted by atomic mass is 16.5. The molecule has 1 fully saturated rings. The molecule has 0 saturated carbocycles. The predicted octanol–water partition coefficient (Wildman–Crippen LogP) is 3.75. The number of aliphatic hydroxyl groups excluding tert-OH is 1. The van der Waals surface area contributed by atoms with Gasteiger partial charge in [0.05, 0.1) is 18.1 Å². The second-order valence-corrected chi connectivity index (χ2v) is 8.16. The van der Waals surface area contributed by atoms with Crippen molar-refractivity contribution in [3.8, 4) is 0 Å². The average molecular weight is 391 g/mol. The van der Waals surface area contributed by atoms with Gasteiger partial charge in [0, 0.05) is 6.42 Å². The normalized spacial score (nSPS) is 23.4. The van der Waals surface area contributed by atoms with Crippen molar-refractivity contribution in [1.82, 2.24) is 4.90 Å². The fourth-order valence-corrected chi connectivity index (χ4v) is 4.62. The second kappa shape index (κ2) is 7.48. The number of benzene rings is 2. The Balaban J connectivity index is 1.71. The van der Waals surface area contributed by atoms with Crippen molar-refractivity contribution >= 4 is 12.2 Å². The first kappa shape index (κ1) is 19.4. The Bertz CT molecular complexity index is 950. The van der Waals surface area contributed by atoms with Crippen LogP contribution in [0, 0.1) is 5.92 Å². The van der Waals surface area contributed by atoms with Gasteiger partial charge in [0.15, 0.2) is 12.0 Å². The van der Waals surface area contributed by atoms with Crippen LogP contribution in [0.3, 0.4) is 0 Å². The number of hydrogen-bond acceptors (Lipinski definition) is 4. The smallest absolute Gasteiger partial charge is 0.232 e. The van der Waals surface area contributed by atoms with E-state index in [4.69, 9.17) is 4.74 Å². The van der Waals surface area contributed by atoms with Gasteiger partial charge in [0.2, 0.25) is 5.91 Å². The van der Waals surface area contributed by atoms with Crippen molar-refractivity contribution in [3.63, 3.8) is 0 Å². The molecule has 0 radical (unpaired) electrons. The third-order valence-electron chi connectivity index (χ3n) is 5.79. The van der Waals surface area contributed by atoms with Gasteiger partial charge < -0.3 is 14.7 Å². The molecule has 3 atom stereocenters. The fraction of sp³-hybridized carbons (Fsp3) is 0.333. The van der Waals surface area contributed by atoms with E-state index >= 15 is 0 Å².